The molecular formula is C19H22N4O2. The van der Waals surface area contributed by atoms with Gasteiger partial charge in [-0.15, -0.1) is 0 Å². The number of aromatic amines is 1. The number of hydrogen-bond donors (Lipinski definition) is 1. The van der Waals surface area contributed by atoms with Gasteiger partial charge >= 0.3 is 5.97 Å². The second kappa shape index (κ2) is 6.35. The zero-order valence-electron chi connectivity index (χ0n) is 14.6. The predicted octanol–water partition coefficient (Wildman–Crippen LogP) is 3.34. The van der Waals surface area contributed by atoms with Crippen LogP contribution in [0.3, 0.4) is 0 Å². The van der Waals surface area contributed by atoms with E-state index in [0.29, 0.717) is 6.61 Å². The Balaban J connectivity index is 1.84. The van der Waals surface area contributed by atoms with E-state index in [1.807, 2.05) is 6.92 Å². The van der Waals surface area contributed by atoms with Gasteiger partial charge in [0.2, 0.25) is 0 Å². The number of anilines is 1. The molecule has 3 heterocycles. The number of ether oxygens (including phenoxy) is 1. The van der Waals surface area contributed by atoms with E-state index in [-0.39, 0.29) is 12.0 Å². The zero-order chi connectivity index (χ0) is 17.4. The first-order valence-corrected chi connectivity index (χ1v) is 8.85. The lowest BCUT2D eigenvalue weighted by molar-refractivity contribution is -0.145. The molecule has 1 aliphatic rings. The number of fused-ring (bicyclic) bond motifs is 3. The molecule has 4 rings (SSSR count). The largest absolute Gasteiger partial charge is 0.464 e. The number of aryl methyl sites for hydroxylation is 1. The molecule has 0 saturated carbocycles. The third kappa shape index (κ3) is 2.71. The molecule has 6 nitrogen and oxygen atoms in total. The monoisotopic (exact) mass is 338 g/mol. The molecule has 1 fully saturated rings. The maximum atomic E-state index is 12.4. The third-order valence-electron chi connectivity index (χ3n) is 4.85. The number of nitrogens with zero attached hydrogens (tertiary/aromatic N) is 3. The van der Waals surface area contributed by atoms with Crippen LogP contribution in [0.25, 0.3) is 21.9 Å². The van der Waals surface area contributed by atoms with E-state index in [4.69, 9.17) is 4.74 Å². The normalized spacial score (nSPS) is 18.0. The maximum Gasteiger partial charge on any atom is 0.328 e. The molecule has 1 aliphatic heterocycles. The van der Waals surface area contributed by atoms with Crippen LogP contribution in [0.5, 0.6) is 0 Å². The van der Waals surface area contributed by atoms with Crippen molar-refractivity contribution in [2.24, 2.45) is 0 Å². The summed E-state index contributed by atoms with van der Waals surface area (Å²) in [5, 5.41) is 1.09. The summed E-state index contributed by atoms with van der Waals surface area (Å²) in [5.41, 5.74) is 4.01. The highest BCUT2D eigenvalue weighted by Gasteiger charge is 2.32. The Bertz CT molecular complexity index is 934. The van der Waals surface area contributed by atoms with Gasteiger partial charge in [-0.3, -0.25) is 0 Å². The minimum Gasteiger partial charge on any atom is -0.464 e. The van der Waals surface area contributed by atoms with Gasteiger partial charge in [0.1, 0.15) is 23.4 Å². The summed E-state index contributed by atoms with van der Waals surface area (Å²) < 4.78 is 5.29. The molecule has 130 valence electrons. The van der Waals surface area contributed by atoms with Crippen molar-refractivity contribution in [3.8, 4) is 0 Å². The van der Waals surface area contributed by atoms with E-state index >= 15 is 0 Å². The van der Waals surface area contributed by atoms with Crippen LogP contribution in [0.15, 0.2) is 24.5 Å². The number of benzene rings is 1. The summed E-state index contributed by atoms with van der Waals surface area (Å²) in [6.07, 6.45) is 4.45. The molecule has 3 aromatic rings. The predicted molar refractivity (Wildman–Crippen MR) is 97.7 cm³/mol. The van der Waals surface area contributed by atoms with E-state index < -0.39 is 0 Å². The van der Waals surface area contributed by atoms with Gasteiger partial charge in [0.05, 0.1) is 6.61 Å². The van der Waals surface area contributed by atoms with Crippen molar-refractivity contribution in [2.45, 2.75) is 39.2 Å². The van der Waals surface area contributed by atoms with Crippen LogP contribution < -0.4 is 4.90 Å². The summed E-state index contributed by atoms with van der Waals surface area (Å²) in [4.78, 5) is 26.9. The Morgan fingerprint density at radius 1 is 1.36 bits per heavy atom. The van der Waals surface area contributed by atoms with Crippen LogP contribution in [0.4, 0.5) is 5.82 Å². The van der Waals surface area contributed by atoms with Crippen molar-refractivity contribution in [3.05, 3.63) is 30.1 Å². The van der Waals surface area contributed by atoms with Gasteiger partial charge in [-0.1, -0.05) is 11.6 Å². The van der Waals surface area contributed by atoms with Gasteiger partial charge in [0, 0.05) is 17.4 Å². The fourth-order valence-electron chi connectivity index (χ4n) is 3.68. The summed E-state index contributed by atoms with van der Waals surface area (Å²) in [6.45, 7) is 5.10. The Morgan fingerprint density at radius 3 is 3.08 bits per heavy atom. The molecule has 0 spiro atoms. The summed E-state index contributed by atoms with van der Waals surface area (Å²) in [5.74, 6) is 0.623. The number of piperidine rings is 1. The Hall–Kier alpha value is -2.63. The van der Waals surface area contributed by atoms with Gasteiger partial charge in [-0.25, -0.2) is 14.8 Å². The van der Waals surface area contributed by atoms with Gasteiger partial charge in [0.25, 0.3) is 0 Å². The van der Waals surface area contributed by atoms with Crippen LogP contribution >= 0.6 is 0 Å². The quantitative estimate of drug-likeness (QED) is 0.742. The number of nitrogens with one attached hydrogen (secondary N) is 1. The van der Waals surface area contributed by atoms with Crippen LogP contribution in [0.1, 0.15) is 31.7 Å². The van der Waals surface area contributed by atoms with Crippen molar-refractivity contribution in [2.75, 3.05) is 18.1 Å². The second-order valence-corrected chi connectivity index (χ2v) is 6.55. The number of hydrogen-bond acceptors (Lipinski definition) is 5. The van der Waals surface area contributed by atoms with Crippen LogP contribution in [-0.4, -0.2) is 40.1 Å². The van der Waals surface area contributed by atoms with Crippen molar-refractivity contribution >= 4 is 33.7 Å². The first kappa shape index (κ1) is 15.9. The zero-order valence-corrected chi connectivity index (χ0v) is 14.6. The van der Waals surface area contributed by atoms with E-state index in [9.17, 15) is 4.79 Å². The van der Waals surface area contributed by atoms with Gasteiger partial charge in [-0.05, 0) is 45.2 Å². The first-order valence-electron chi connectivity index (χ1n) is 8.85. The van der Waals surface area contributed by atoms with Crippen molar-refractivity contribution in [1.82, 2.24) is 15.0 Å². The average Bonchev–Trinajstić information content (AvgIpc) is 3.00. The molecule has 0 amide bonds. The van der Waals surface area contributed by atoms with E-state index in [0.717, 1.165) is 53.6 Å². The molecule has 1 N–H and O–H groups in total. The first-order chi connectivity index (χ1) is 12.2. The smallest absolute Gasteiger partial charge is 0.328 e. The molecule has 2 aromatic heterocycles. The lowest BCUT2D eigenvalue weighted by Crippen LogP contribution is -2.46. The number of H-pyrrole nitrogens is 1. The highest BCUT2D eigenvalue weighted by Crippen LogP contribution is 2.32. The second-order valence-electron chi connectivity index (χ2n) is 6.55. The van der Waals surface area contributed by atoms with E-state index in [1.54, 1.807) is 6.33 Å². The van der Waals surface area contributed by atoms with E-state index in [2.05, 4.69) is 45.0 Å². The fraction of sp³-hybridized carbons (Fsp3) is 0.421. The highest BCUT2D eigenvalue weighted by atomic mass is 16.5. The van der Waals surface area contributed by atoms with Gasteiger partial charge in [0.15, 0.2) is 5.82 Å². The Kier molecular flexibility index (Phi) is 4.03. The highest BCUT2D eigenvalue weighted by molar-refractivity contribution is 6.08. The van der Waals surface area contributed by atoms with Crippen LogP contribution in [-0.2, 0) is 9.53 Å². The van der Waals surface area contributed by atoms with Gasteiger partial charge < -0.3 is 14.6 Å². The molecule has 0 aliphatic carbocycles. The van der Waals surface area contributed by atoms with Crippen molar-refractivity contribution in [1.29, 1.82) is 0 Å². The summed E-state index contributed by atoms with van der Waals surface area (Å²) in [6, 6.07) is 5.99. The lowest BCUT2D eigenvalue weighted by atomic mass is 10.0. The lowest BCUT2D eigenvalue weighted by Gasteiger charge is -2.34. The molecule has 1 saturated heterocycles. The number of carbonyl (C=O) groups is 1. The number of aromatic nitrogens is 3. The molecule has 1 unspecified atom stereocenters. The minimum atomic E-state index is -0.278. The summed E-state index contributed by atoms with van der Waals surface area (Å²) in [7, 11) is 0. The molecule has 0 radical (unpaired) electrons. The SMILES string of the molecule is CCOC(=O)C1CCCCN1c1ncnc2c1[nH]c1ccc(C)cc12. The Morgan fingerprint density at radius 2 is 2.24 bits per heavy atom. The van der Waals surface area contributed by atoms with E-state index in [1.165, 1.54) is 5.56 Å². The van der Waals surface area contributed by atoms with Crippen molar-refractivity contribution < 1.29 is 9.53 Å². The minimum absolute atomic E-state index is 0.166. The molecule has 0 bridgehead atoms. The van der Waals surface area contributed by atoms with Crippen molar-refractivity contribution in [3.63, 3.8) is 0 Å². The standard InChI is InChI=1S/C19H22N4O2/c1-3-25-19(24)15-6-4-5-9-23(15)18-17-16(20-11-21-18)13-10-12(2)7-8-14(13)22-17/h7-8,10-11,15,22H,3-6,9H2,1-2H3. The number of rotatable bonds is 3. The molecule has 1 atom stereocenters. The number of carbonyl (C=O) groups excluding carboxylic acids is 1. The fourth-order valence-corrected chi connectivity index (χ4v) is 3.68. The number of esters is 1. The Labute approximate surface area is 146 Å². The molecular weight excluding hydrogens is 316 g/mol. The van der Waals surface area contributed by atoms with Crippen LogP contribution in [0.2, 0.25) is 0 Å². The van der Waals surface area contributed by atoms with Gasteiger partial charge in [-0.2, -0.15) is 0 Å². The average molecular weight is 338 g/mol. The maximum absolute atomic E-state index is 12.4. The molecule has 25 heavy (non-hydrogen) atoms. The molecule has 6 heteroatoms. The third-order valence-corrected chi connectivity index (χ3v) is 4.85. The topological polar surface area (TPSA) is 71.1 Å². The summed E-state index contributed by atoms with van der Waals surface area (Å²) >= 11 is 0. The van der Waals surface area contributed by atoms with Crippen LogP contribution in [0, 0.1) is 6.92 Å². The molecule has 1 aromatic carbocycles.